The van der Waals surface area contributed by atoms with E-state index in [-0.39, 0.29) is 6.04 Å². The highest BCUT2D eigenvalue weighted by atomic mass is 16.3. The number of aliphatic imine (C=N–C) groups is 1. The molecule has 4 heteroatoms. The van der Waals surface area contributed by atoms with Gasteiger partial charge in [0.1, 0.15) is 0 Å². The van der Waals surface area contributed by atoms with Crippen LogP contribution in [0.3, 0.4) is 0 Å². The summed E-state index contributed by atoms with van der Waals surface area (Å²) < 4.78 is 0. The largest absolute Gasteiger partial charge is 0.388 e. The Balaban J connectivity index is 1.99. The van der Waals surface area contributed by atoms with Gasteiger partial charge in [-0.25, -0.2) is 0 Å². The van der Waals surface area contributed by atoms with Gasteiger partial charge in [-0.2, -0.15) is 0 Å². The molecule has 0 bridgehead atoms. The van der Waals surface area contributed by atoms with E-state index in [4.69, 9.17) is 0 Å². The normalized spacial score (nSPS) is 18.7. The van der Waals surface area contributed by atoms with Crippen molar-refractivity contribution >= 4 is 5.96 Å². The number of nitrogens with zero attached hydrogens (tertiary/aromatic N) is 1. The monoisotopic (exact) mass is 317 g/mol. The van der Waals surface area contributed by atoms with Crippen molar-refractivity contribution < 1.29 is 5.11 Å². The lowest BCUT2D eigenvalue weighted by atomic mass is 10.0. The molecule has 4 nitrogen and oxygen atoms in total. The second-order valence-electron chi connectivity index (χ2n) is 6.59. The van der Waals surface area contributed by atoms with Crippen LogP contribution in [0.4, 0.5) is 0 Å². The summed E-state index contributed by atoms with van der Waals surface area (Å²) in [7, 11) is 0. The first kappa shape index (κ1) is 17.8. The molecule has 1 saturated carbocycles. The van der Waals surface area contributed by atoms with Crippen LogP contribution < -0.4 is 10.6 Å². The van der Waals surface area contributed by atoms with Crippen LogP contribution in [-0.2, 0) is 6.42 Å². The van der Waals surface area contributed by atoms with Crippen molar-refractivity contribution in [2.75, 3.05) is 13.1 Å². The number of nitrogens with one attached hydrogen (secondary N) is 2. The molecule has 0 aliphatic heterocycles. The summed E-state index contributed by atoms with van der Waals surface area (Å²) in [4.78, 5) is 4.61. The van der Waals surface area contributed by atoms with Crippen molar-refractivity contribution in [3.8, 4) is 0 Å². The Morgan fingerprint density at radius 1 is 1.22 bits per heavy atom. The van der Waals surface area contributed by atoms with Crippen molar-refractivity contribution in [1.29, 1.82) is 0 Å². The van der Waals surface area contributed by atoms with Crippen LogP contribution >= 0.6 is 0 Å². The quantitative estimate of drug-likeness (QED) is 0.558. The third kappa shape index (κ3) is 5.24. The van der Waals surface area contributed by atoms with Crippen molar-refractivity contribution in [3.05, 3.63) is 35.4 Å². The molecule has 0 saturated heterocycles. The zero-order chi connectivity index (χ0) is 16.7. The summed E-state index contributed by atoms with van der Waals surface area (Å²) in [6, 6.07) is 8.88. The first-order valence-corrected chi connectivity index (χ1v) is 8.92. The molecule has 2 rings (SSSR count). The maximum Gasteiger partial charge on any atom is 0.191 e. The van der Waals surface area contributed by atoms with E-state index in [2.05, 4.69) is 60.7 Å². The first-order valence-electron chi connectivity index (χ1n) is 8.92. The average Bonchev–Trinajstić information content (AvgIpc) is 3.00. The first-order chi connectivity index (χ1) is 11.1. The summed E-state index contributed by atoms with van der Waals surface area (Å²) in [6.45, 7) is 7.65. The number of guanidine groups is 1. The molecular formula is C19H31N3O. The van der Waals surface area contributed by atoms with Gasteiger partial charge in [-0.15, -0.1) is 0 Å². The van der Waals surface area contributed by atoms with Crippen molar-refractivity contribution in [1.82, 2.24) is 10.6 Å². The molecule has 1 aliphatic carbocycles. The lowest BCUT2D eigenvalue weighted by Gasteiger charge is -2.22. The molecule has 1 aromatic carbocycles. The highest BCUT2D eigenvalue weighted by Crippen LogP contribution is 2.29. The van der Waals surface area contributed by atoms with E-state index in [0.717, 1.165) is 44.6 Å². The number of benzene rings is 1. The van der Waals surface area contributed by atoms with E-state index in [1.807, 2.05) is 0 Å². The molecule has 23 heavy (non-hydrogen) atoms. The predicted octanol–water partition coefficient (Wildman–Crippen LogP) is 3.17. The van der Waals surface area contributed by atoms with Gasteiger partial charge in [-0.3, -0.25) is 4.99 Å². The minimum absolute atomic E-state index is 0.178. The molecule has 1 atom stereocenters. The van der Waals surface area contributed by atoms with Gasteiger partial charge in [-0.05, 0) is 44.2 Å². The Labute approximate surface area is 140 Å². The van der Waals surface area contributed by atoms with Crippen molar-refractivity contribution in [2.24, 2.45) is 4.99 Å². The zero-order valence-electron chi connectivity index (χ0n) is 14.7. The van der Waals surface area contributed by atoms with Crippen LogP contribution in [0, 0.1) is 0 Å². The minimum Gasteiger partial charge on any atom is -0.388 e. The van der Waals surface area contributed by atoms with Crippen LogP contribution in [0.1, 0.15) is 63.6 Å². The van der Waals surface area contributed by atoms with E-state index in [1.165, 1.54) is 11.1 Å². The Morgan fingerprint density at radius 2 is 1.87 bits per heavy atom. The summed E-state index contributed by atoms with van der Waals surface area (Å²) in [5, 5.41) is 17.2. The molecule has 0 spiro atoms. The molecule has 0 aromatic heterocycles. The lowest BCUT2D eigenvalue weighted by molar-refractivity contribution is 0.0574. The van der Waals surface area contributed by atoms with Gasteiger partial charge in [-0.1, -0.05) is 44.0 Å². The second-order valence-corrected chi connectivity index (χ2v) is 6.59. The number of aliphatic hydroxyl groups is 1. The van der Waals surface area contributed by atoms with Crippen LogP contribution in [0.2, 0.25) is 0 Å². The fourth-order valence-electron chi connectivity index (χ4n) is 3.07. The van der Waals surface area contributed by atoms with Crippen LogP contribution in [0.25, 0.3) is 0 Å². The summed E-state index contributed by atoms with van der Waals surface area (Å²) in [5.41, 5.74) is 1.99. The van der Waals surface area contributed by atoms with Gasteiger partial charge in [0.15, 0.2) is 5.96 Å². The molecule has 1 unspecified atom stereocenters. The summed E-state index contributed by atoms with van der Waals surface area (Å²) in [5.74, 6) is 0.778. The molecule has 1 aliphatic rings. The van der Waals surface area contributed by atoms with E-state index >= 15 is 0 Å². The standard InChI is InChI=1S/C19H31N3O/c1-4-16-8-10-17(11-9-16)15(3)22-18(20-5-2)21-14-19(23)12-6-7-13-19/h8-11,15,23H,4-7,12-14H2,1-3H3,(H2,20,21,22). The molecular weight excluding hydrogens is 286 g/mol. The average molecular weight is 317 g/mol. The zero-order valence-corrected chi connectivity index (χ0v) is 14.7. The maximum atomic E-state index is 10.5. The molecule has 128 valence electrons. The molecule has 0 amide bonds. The van der Waals surface area contributed by atoms with E-state index in [1.54, 1.807) is 0 Å². The fraction of sp³-hybridized carbons (Fsp3) is 0.632. The summed E-state index contributed by atoms with van der Waals surface area (Å²) >= 11 is 0. The Kier molecular flexibility index (Phi) is 6.46. The number of hydrogen-bond donors (Lipinski definition) is 3. The highest BCUT2D eigenvalue weighted by molar-refractivity contribution is 5.80. The lowest BCUT2D eigenvalue weighted by Crippen LogP contribution is -2.40. The molecule has 1 fully saturated rings. The van der Waals surface area contributed by atoms with Crippen LogP contribution in [0.5, 0.6) is 0 Å². The predicted molar refractivity (Wildman–Crippen MR) is 96.8 cm³/mol. The van der Waals surface area contributed by atoms with Gasteiger partial charge in [0.25, 0.3) is 0 Å². The number of rotatable bonds is 6. The Bertz CT molecular complexity index is 504. The van der Waals surface area contributed by atoms with Gasteiger partial charge in [0.05, 0.1) is 18.2 Å². The molecule has 0 radical (unpaired) electrons. The molecule has 0 heterocycles. The van der Waals surface area contributed by atoms with Gasteiger partial charge in [0, 0.05) is 6.54 Å². The number of hydrogen-bond acceptors (Lipinski definition) is 2. The van der Waals surface area contributed by atoms with Crippen molar-refractivity contribution in [2.45, 2.75) is 64.5 Å². The Morgan fingerprint density at radius 3 is 2.43 bits per heavy atom. The smallest absolute Gasteiger partial charge is 0.191 e. The number of aryl methyl sites for hydroxylation is 1. The SMILES string of the molecule is CCNC(=NCC1(O)CCCC1)NC(C)c1ccc(CC)cc1. The second kappa shape index (κ2) is 8.34. The third-order valence-corrected chi connectivity index (χ3v) is 4.65. The van der Waals surface area contributed by atoms with Gasteiger partial charge >= 0.3 is 0 Å². The van der Waals surface area contributed by atoms with Gasteiger partial charge in [0.2, 0.25) is 0 Å². The van der Waals surface area contributed by atoms with E-state index in [0.29, 0.717) is 6.54 Å². The highest BCUT2D eigenvalue weighted by Gasteiger charge is 2.30. The fourth-order valence-corrected chi connectivity index (χ4v) is 3.07. The van der Waals surface area contributed by atoms with Gasteiger partial charge < -0.3 is 15.7 Å². The van der Waals surface area contributed by atoms with Crippen LogP contribution in [0.15, 0.2) is 29.3 Å². The third-order valence-electron chi connectivity index (χ3n) is 4.65. The minimum atomic E-state index is -0.603. The maximum absolute atomic E-state index is 10.5. The van der Waals surface area contributed by atoms with Crippen LogP contribution in [-0.4, -0.2) is 29.8 Å². The molecule has 3 N–H and O–H groups in total. The van der Waals surface area contributed by atoms with E-state index in [9.17, 15) is 5.11 Å². The van der Waals surface area contributed by atoms with E-state index < -0.39 is 5.60 Å². The topological polar surface area (TPSA) is 56.7 Å². The van der Waals surface area contributed by atoms with Crippen molar-refractivity contribution in [3.63, 3.8) is 0 Å². The summed E-state index contributed by atoms with van der Waals surface area (Å²) in [6.07, 6.45) is 5.00. The molecule has 1 aromatic rings. The Hall–Kier alpha value is -1.55.